The smallest absolute Gasteiger partial charge is 0.409 e. The monoisotopic (exact) mass is 689 g/mol. The minimum absolute atomic E-state index is 0.249. The fourth-order valence-electron chi connectivity index (χ4n) is 5.84. The van der Waals surface area contributed by atoms with E-state index in [0.29, 0.717) is 33.8 Å². The van der Waals surface area contributed by atoms with Crippen LogP contribution in [-0.2, 0) is 9.53 Å². The van der Waals surface area contributed by atoms with E-state index < -0.39 is 30.0 Å². The van der Waals surface area contributed by atoms with Crippen molar-refractivity contribution in [1.82, 2.24) is 19.5 Å². The molecule has 0 spiro atoms. The molecule has 1 aliphatic rings. The molecule has 5 rings (SSSR count). The lowest BCUT2D eigenvalue weighted by Crippen LogP contribution is -2.59. The number of anilines is 2. The number of nitrogens with zero attached hydrogens (tertiary/aromatic N) is 6. The molecule has 264 valence electrons. The van der Waals surface area contributed by atoms with Crippen molar-refractivity contribution in [2.75, 3.05) is 69.8 Å². The summed E-state index contributed by atoms with van der Waals surface area (Å²) in [6.45, 7) is 4.40. The van der Waals surface area contributed by atoms with Crippen LogP contribution in [0.25, 0.3) is 10.9 Å². The van der Waals surface area contributed by atoms with Gasteiger partial charge in [-0.1, -0.05) is 12.1 Å². The number of benzene rings is 3. The third-order valence-electron chi connectivity index (χ3n) is 8.75. The first-order valence-electron chi connectivity index (χ1n) is 15.9. The van der Waals surface area contributed by atoms with Crippen LogP contribution in [0.1, 0.15) is 25.7 Å². The second kappa shape index (κ2) is 15.1. The van der Waals surface area contributed by atoms with Crippen LogP contribution in [0.2, 0.25) is 0 Å². The highest BCUT2D eigenvalue weighted by Crippen LogP contribution is 2.37. The molecule has 0 bridgehead atoms. The van der Waals surface area contributed by atoms with Crippen LogP contribution >= 0.6 is 0 Å². The van der Waals surface area contributed by atoms with Gasteiger partial charge in [-0.2, -0.15) is 0 Å². The number of likely N-dealkylation sites (N-methyl/N-ethyl adjacent to an activating group) is 1. The zero-order valence-corrected chi connectivity index (χ0v) is 28.8. The summed E-state index contributed by atoms with van der Waals surface area (Å²) in [5, 5.41) is 5.00. The first kappa shape index (κ1) is 35.4. The average molecular weight is 690 g/mol. The summed E-state index contributed by atoms with van der Waals surface area (Å²) in [6.07, 6.45) is -0.626. The molecular formula is C35H40FN7O7. The Balaban J connectivity index is 1.56. The number of fused-ring (bicyclic) bond motifs is 1. The average Bonchev–Trinajstić information content (AvgIpc) is 3.14. The van der Waals surface area contributed by atoms with E-state index in [4.69, 9.17) is 19.2 Å². The SMILES string of the molecule is COC(=O)N(C)[C@@H](C)C(=O)N1CCN(n2c(C(C)N(C(=O)Nc3ccc(F)cc3)c3ccc(OC)cc3OC)nc3ccccc3c2=O)CC1. The third-order valence-corrected chi connectivity index (χ3v) is 8.75. The minimum Gasteiger partial charge on any atom is -0.497 e. The van der Waals surface area contributed by atoms with E-state index >= 15 is 0 Å². The number of para-hydroxylation sites is 1. The molecule has 1 aromatic heterocycles. The molecule has 4 aromatic rings. The lowest BCUT2D eigenvalue weighted by Gasteiger charge is -2.40. The predicted octanol–water partition coefficient (Wildman–Crippen LogP) is 4.22. The molecule has 50 heavy (non-hydrogen) atoms. The molecule has 1 aliphatic heterocycles. The number of nitrogens with one attached hydrogen (secondary N) is 1. The molecule has 1 saturated heterocycles. The number of carbonyl (C=O) groups excluding carboxylic acids is 3. The molecule has 1 N–H and O–H groups in total. The molecule has 1 fully saturated rings. The van der Waals surface area contributed by atoms with E-state index in [9.17, 15) is 23.6 Å². The maximum Gasteiger partial charge on any atom is 0.409 e. The number of piperazine rings is 1. The number of rotatable bonds is 9. The van der Waals surface area contributed by atoms with Gasteiger partial charge in [0.25, 0.3) is 5.56 Å². The Morgan fingerprint density at radius 3 is 2.24 bits per heavy atom. The Morgan fingerprint density at radius 1 is 0.920 bits per heavy atom. The summed E-state index contributed by atoms with van der Waals surface area (Å²) in [6, 6.07) is 15.0. The number of urea groups is 1. The Hall–Kier alpha value is -5.86. The summed E-state index contributed by atoms with van der Waals surface area (Å²) in [5.41, 5.74) is 0.785. The first-order valence-corrected chi connectivity index (χ1v) is 15.9. The molecule has 4 amide bonds. The van der Waals surface area contributed by atoms with E-state index in [1.54, 1.807) is 66.2 Å². The van der Waals surface area contributed by atoms with Crippen molar-refractivity contribution in [2.45, 2.75) is 25.9 Å². The predicted molar refractivity (Wildman–Crippen MR) is 186 cm³/mol. The van der Waals surface area contributed by atoms with E-state index in [0.717, 1.165) is 0 Å². The van der Waals surface area contributed by atoms with E-state index in [1.165, 1.54) is 67.1 Å². The maximum atomic E-state index is 14.3. The molecule has 2 atom stereocenters. The Labute approximate surface area is 288 Å². The van der Waals surface area contributed by atoms with Gasteiger partial charge in [-0.25, -0.2) is 23.6 Å². The number of halogens is 1. The first-order chi connectivity index (χ1) is 24.0. The van der Waals surface area contributed by atoms with Crippen molar-refractivity contribution in [1.29, 1.82) is 0 Å². The molecule has 14 nitrogen and oxygen atoms in total. The zero-order valence-electron chi connectivity index (χ0n) is 28.8. The minimum atomic E-state index is -0.886. The molecule has 3 aromatic carbocycles. The van der Waals surface area contributed by atoms with E-state index in [2.05, 4.69) is 5.32 Å². The Morgan fingerprint density at radius 2 is 1.60 bits per heavy atom. The number of amides is 4. The lowest BCUT2D eigenvalue weighted by molar-refractivity contribution is -0.135. The van der Waals surface area contributed by atoms with Gasteiger partial charge in [-0.05, 0) is 62.4 Å². The van der Waals surface area contributed by atoms with Gasteiger partial charge in [-0.15, -0.1) is 0 Å². The van der Waals surface area contributed by atoms with Crippen molar-refractivity contribution < 1.29 is 33.0 Å². The zero-order chi connectivity index (χ0) is 36.1. The highest BCUT2D eigenvalue weighted by atomic mass is 19.1. The summed E-state index contributed by atoms with van der Waals surface area (Å²) >= 11 is 0. The van der Waals surface area contributed by atoms with Crippen LogP contribution in [-0.4, -0.2) is 98.1 Å². The van der Waals surface area contributed by atoms with Gasteiger partial charge in [0, 0.05) is 31.9 Å². The quantitative estimate of drug-likeness (QED) is 0.274. The second-order valence-electron chi connectivity index (χ2n) is 11.7. The molecular weight excluding hydrogens is 649 g/mol. The number of methoxy groups -OCH3 is 3. The largest absolute Gasteiger partial charge is 0.497 e. The van der Waals surface area contributed by atoms with Gasteiger partial charge in [0.15, 0.2) is 5.82 Å². The highest BCUT2D eigenvalue weighted by molar-refractivity contribution is 6.03. The summed E-state index contributed by atoms with van der Waals surface area (Å²) in [5.74, 6) is 0.349. The van der Waals surface area contributed by atoms with Crippen LogP contribution in [0, 0.1) is 5.82 Å². The lowest BCUT2D eigenvalue weighted by atomic mass is 10.1. The summed E-state index contributed by atoms with van der Waals surface area (Å²) < 4.78 is 31.0. The molecule has 1 unspecified atom stereocenters. The van der Waals surface area contributed by atoms with Crippen LogP contribution in [0.4, 0.5) is 25.4 Å². The normalized spacial score (nSPS) is 14.1. The molecule has 2 heterocycles. The summed E-state index contributed by atoms with van der Waals surface area (Å²) in [4.78, 5) is 63.0. The molecule has 0 radical (unpaired) electrons. The van der Waals surface area contributed by atoms with E-state index in [1.807, 2.05) is 0 Å². The van der Waals surface area contributed by atoms with Crippen LogP contribution in [0.15, 0.2) is 71.5 Å². The van der Waals surface area contributed by atoms with Crippen LogP contribution in [0.5, 0.6) is 11.5 Å². The van der Waals surface area contributed by atoms with Gasteiger partial charge in [0.1, 0.15) is 23.4 Å². The fourth-order valence-corrected chi connectivity index (χ4v) is 5.84. The number of hydrogen-bond donors (Lipinski definition) is 1. The third kappa shape index (κ3) is 7.11. The van der Waals surface area contributed by atoms with Crippen molar-refractivity contribution in [2.24, 2.45) is 0 Å². The molecule has 15 heteroatoms. The van der Waals surface area contributed by atoms with Crippen molar-refractivity contribution in [3.8, 4) is 11.5 Å². The van der Waals surface area contributed by atoms with Crippen molar-refractivity contribution >= 4 is 40.3 Å². The van der Waals surface area contributed by atoms with Gasteiger partial charge in [-0.3, -0.25) is 19.4 Å². The standard InChI is InChI=1S/C35H40FN7O7/c1-22(42(29-16-15-26(48-4)21-30(29)49-5)34(46)37-25-13-11-24(36)12-14-25)31-38-28-10-8-7-9-27(28)33(45)43(31)41-19-17-40(18-20-41)32(44)23(2)39(3)35(47)50-6/h7-16,21-23H,17-20H2,1-6H3,(H,37,46)/t22?,23-/m0/s1. The number of ether oxygens (including phenoxy) is 3. The second-order valence-corrected chi connectivity index (χ2v) is 11.7. The fraction of sp³-hybridized carbons (Fsp3) is 0.343. The van der Waals surface area contributed by atoms with Crippen LogP contribution in [0.3, 0.4) is 0 Å². The van der Waals surface area contributed by atoms with Crippen LogP contribution < -0.4 is 30.3 Å². The maximum absolute atomic E-state index is 14.3. The van der Waals surface area contributed by atoms with Crippen molar-refractivity contribution in [3.63, 3.8) is 0 Å². The van der Waals surface area contributed by atoms with Crippen molar-refractivity contribution in [3.05, 3.63) is 88.7 Å². The number of carbonyl (C=O) groups is 3. The number of hydrogen-bond acceptors (Lipinski definition) is 9. The van der Waals surface area contributed by atoms with Gasteiger partial charge in [0.05, 0.1) is 57.1 Å². The Bertz CT molecular complexity index is 1930. The molecule has 0 saturated carbocycles. The highest BCUT2D eigenvalue weighted by Gasteiger charge is 2.34. The number of aromatic nitrogens is 2. The van der Waals surface area contributed by atoms with Gasteiger partial charge >= 0.3 is 12.1 Å². The van der Waals surface area contributed by atoms with E-state index in [-0.39, 0.29) is 43.5 Å². The molecule has 0 aliphatic carbocycles. The van der Waals surface area contributed by atoms with Gasteiger partial charge < -0.3 is 29.4 Å². The Kier molecular flexibility index (Phi) is 10.7. The van der Waals surface area contributed by atoms with Gasteiger partial charge in [0.2, 0.25) is 5.91 Å². The topological polar surface area (TPSA) is 139 Å². The summed E-state index contributed by atoms with van der Waals surface area (Å²) in [7, 11) is 5.72.